The van der Waals surface area contributed by atoms with Crippen molar-refractivity contribution in [3.8, 4) is 5.88 Å². The number of hydrogen-bond donors (Lipinski definition) is 2. The molecule has 0 spiro atoms. The number of nitrogens with one attached hydrogen (secondary N) is 2. The third kappa shape index (κ3) is 6.57. The molecule has 0 atom stereocenters. The summed E-state index contributed by atoms with van der Waals surface area (Å²) in [5.41, 5.74) is 1.54. The van der Waals surface area contributed by atoms with Gasteiger partial charge in [-0.25, -0.2) is 18.7 Å². The maximum atomic E-state index is 12.8. The first-order chi connectivity index (χ1) is 13.2. The largest absolute Gasteiger partial charge is 0.471 e. The summed E-state index contributed by atoms with van der Waals surface area (Å²) in [5, 5.41) is 5.37. The molecule has 2 N–H and O–H groups in total. The summed E-state index contributed by atoms with van der Waals surface area (Å²) in [6, 6.07) is 6.24. The minimum Gasteiger partial charge on any atom is -0.471 e. The fourth-order valence-electron chi connectivity index (χ4n) is 2.18. The lowest BCUT2D eigenvalue weighted by atomic mass is 10.2. The molecule has 2 aromatic heterocycles. The third-order valence-electron chi connectivity index (χ3n) is 3.64. The van der Waals surface area contributed by atoms with Crippen molar-refractivity contribution >= 4 is 17.6 Å². The van der Waals surface area contributed by atoms with Crippen LogP contribution < -0.4 is 15.4 Å². The lowest BCUT2D eigenvalue weighted by molar-refractivity contribution is -0.115. The van der Waals surface area contributed by atoms with E-state index >= 15 is 0 Å². The van der Waals surface area contributed by atoms with E-state index in [0.717, 1.165) is 6.92 Å². The molecule has 9 heteroatoms. The summed E-state index contributed by atoms with van der Waals surface area (Å²) in [6.07, 6.45) is 1.78. The number of aromatic nitrogens is 2. The van der Waals surface area contributed by atoms with E-state index < -0.39 is 12.5 Å². The summed E-state index contributed by atoms with van der Waals surface area (Å²) in [5.74, 6) is -2.95. The number of amides is 2. The number of pyridine rings is 2. The molecule has 0 saturated carbocycles. The van der Waals surface area contributed by atoms with Gasteiger partial charge in [0.05, 0.1) is 11.3 Å². The number of carbonyl (C=O) groups is 2. The Hall–Kier alpha value is -3.10. The third-order valence-corrected chi connectivity index (χ3v) is 3.64. The minimum atomic E-state index is -2.94. The van der Waals surface area contributed by atoms with Crippen LogP contribution in [0.15, 0.2) is 30.5 Å². The van der Waals surface area contributed by atoms with Gasteiger partial charge >= 0.3 is 0 Å². The molecule has 0 radical (unpaired) electrons. The first kappa shape index (κ1) is 21.2. The van der Waals surface area contributed by atoms with Crippen LogP contribution in [0.2, 0.25) is 0 Å². The van der Waals surface area contributed by atoms with Crippen molar-refractivity contribution in [1.29, 1.82) is 0 Å². The van der Waals surface area contributed by atoms with E-state index in [1.165, 1.54) is 12.3 Å². The number of hydrogen-bond acceptors (Lipinski definition) is 5. The Kier molecular flexibility index (Phi) is 6.97. The van der Waals surface area contributed by atoms with Gasteiger partial charge in [-0.1, -0.05) is 13.0 Å². The van der Waals surface area contributed by atoms with E-state index in [0.29, 0.717) is 29.1 Å². The summed E-state index contributed by atoms with van der Waals surface area (Å²) in [4.78, 5) is 31.9. The van der Waals surface area contributed by atoms with E-state index in [-0.39, 0.29) is 24.2 Å². The predicted molar refractivity (Wildman–Crippen MR) is 99.4 cm³/mol. The molecule has 7 nitrogen and oxygen atoms in total. The minimum absolute atomic E-state index is 0.0846. The average Bonchev–Trinajstić information content (AvgIpc) is 2.64. The van der Waals surface area contributed by atoms with Crippen molar-refractivity contribution in [3.05, 3.63) is 47.3 Å². The van der Waals surface area contributed by atoms with Gasteiger partial charge in [-0.05, 0) is 24.6 Å². The molecule has 0 aliphatic heterocycles. The van der Waals surface area contributed by atoms with Crippen molar-refractivity contribution in [2.45, 2.75) is 39.7 Å². The zero-order valence-electron chi connectivity index (χ0n) is 15.9. The SMILES string of the molecule is CCC(=O)Nc1ccc(C(=O)NCc2ccc(OCC(C)(F)F)nc2)c(C)n1. The zero-order chi connectivity index (χ0) is 20.7. The molecule has 0 aliphatic rings. The Morgan fingerprint density at radius 2 is 1.96 bits per heavy atom. The number of aryl methyl sites for hydroxylation is 1. The second-order valence-corrected chi connectivity index (χ2v) is 6.28. The highest BCUT2D eigenvalue weighted by Gasteiger charge is 2.22. The van der Waals surface area contributed by atoms with Crippen LogP contribution in [0.3, 0.4) is 0 Å². The van der Waals surface area contributed by atoms with Gasteiger partial charge in [0.15, 0.2) is 6.61 Å². The number of carbonyl (C=O) groups excluding carboxylic acids is 2. The van der Waals surface area contributed by atoms with Gasteiger partial charge in [0.25, 0.3) is 11.8 Å². The van der Waals surface area contributed by atoms with Crippen LogP contribution in [-0.4, -0.2) is 34.3 Å². The monoisotopic (exact) mass is 392 g/mol. The predicted octanol–water partition coefficient (Wildman–Crippen LogP) is 3.10. The summed E-state index contributed by atoms with van der Waals surface area (Å²) >= 11 is 0. The molecule has 28 heavy (non-hydrogen) atoms. The lowest BCUT2D eigenvalue weighted by Crippen LogP contribution is -2.24. The fraction of sp³-hybridized carbons (Fsp3) is 0.368. The second-order valence-electron chi connectivity index (χ2n) is 6.28. The van der Waals surface area contributed by atoms with Crippen molar-refractivity contribution in [2.24, 2.45) is 0 Å². The number of rotatable bonds is 8. The number of alkyl halides is 2. The Bertz CT molecular complexity index is 836. The van der Waals surface area contributed by atoms with E-state index in [1.807, 2.05) is 0 Å². The Labute approximate surface area is 161 Å². The molecule has 0 aliphatic carbocycles. The molecule has 2 amide bonds. The summed E-state index contributed by atoms with van der Waals surface area (Å²) < 4.78 is 30.4. The van der Waals surface area contributed by atoms with Crippen LogP contribution in [0, 0.1) is 6.92 Å². The van der Waals surface area contributed by atoms with Crippen LogP contribution in [0.5, 0.6) is 5.88 Å². The first-order valence-corrected chi connectivity index (χ1v) is 8.69. The van der Waals surface area contributed by atoms with E-state index in [9.17, 15) is 18.4 Å². The van der Waals surface area contributed by atoms with Gasteiger partial charge in [-0.15, -0.1) is 0 Å². The van der Waals surface area contributed by atoms with E-state index in [4.69, 9.17) is 4.74 Å². The molecule has 0 fully saturated rings. The van der Waals surface area contributed by atoms with Crippen molar-refractivity contribution in [2.75, 3.05) is 11.9 Å². The highest BCUT2D eigenvalue weighted by molar-refractivity contribution is 5.96. The number of anilines is 1. The summed E-state index contributed by atoms with van der Waals surface area (Å²) in [7, 11) is 0. The molecule has 2 aromatic rings. The molecule has 150 valence electrons. The van der Waals surface area contributed by atoms with E-state index in [2.05, 4.69) is 20.6 Å². The molecular formula is C19H22F2N4O3. The highest BCUT2D eigenvalue weighted by atomic mass is 19.3. The van der Waals surface area contributed by atoms with Crippen molar-refractivity contribution < 1.29 is 23.1 Å². The number of halogens is 2. The highest BCUT2D eigenvalue weighted by Crippen LogP contribution is 2.15. The smallest absolute Gasteiger partial charge is 0.278 e. The quantitative estimate of drug-likeness (QED) is 0.720. The lowest BCUT2D eigenvalue weighted by Gasteiger charge is -2.12. The van der Waals surface area contributed by atoms with Crippen LogP contribution in [0.4, 0.5) is 14.6 Å². The van der Waals surface area contributed by atoms with Gasteiger partial charge in [-0.2, -0.15) is 0 Å². The second kappa shape index (κ2) is 9.20. The Balaban J connectivity index is 1.92. The molecule has 0 bridgehead atoms. The maximum Gasteiger partial charge on any atom is 0.278 e. The van der Waals surface area contributed by atoms with Gasteiger partial charge < -0.3 is 15.4 Å². The fourth-order valence-corrected chi connectivity index (χ4v) is 2.18. The van der Waals surface area contributed by atoms with Crippen LogP contribution >= 0.6 is 0 Å². The summed E-state index contributed by atoms with van der Waals surface area (Å²) in [6.45, 7) is 3.61. The number of ether oxygens (including phenoxy) is 1. The topological polar surface area (TPSA) is 93.2 Å². The Morgan fingerprint density at radius 1 is 1.21 bits per heavy atom. The van der Waals surface area contributed by atoms with Crippen LogP contribution in [0.1, 0.15) is 41.9 Å². The molecule has 2 rings (SSSR count). The molecular weight excluding hydrogens is 370 g/mol. The van der Waals surface area contributed by atoms with Crippen LogP contribution in [0.25, 0.3) is 0 Å². The zero-order valence-corrected chi connectivity index (χ0v) is 15.9. The van der Waals surface area contributed by atoms with Crippen molar-refractivity contribution in [1.82, 2.24) is 15.3 Å². The van der Waals surface area contributed by atoms with E-state index in [1.54, 1.807) is 32.0 Å². The first-order valence-electron chi connectivity index (χ1n) is 8.69. The average molecular weight is 392 g/mol. The van der Waals surface area contributed by atoms with Crippen LogP contribution in [-0.2, 0) is 11.3 Å². The molecule has 0 saturated heterocycles. The van der Waals surface area contributed by atoms with Gasteiger partial charge in [0.2, 0.25) is 11.8 Å². The van der Waals surface area contributed by atoms with Gasteiger partial charge in [0, 0.05) is 32.2 Å². The molecule has 0 aromatic carbocycles. The Morgan fingerprint density at radius 3 is 2.54 bits per heavy atom. The van der Waals surface area contributed by atoms with Gasteiger partial charge in [-0.3, -0.25) is 9.59 Å². The molecule has 2 heterocycles. The van der Waals surface area contributed by atoms with Crippen molar-refractivity contribution in [3.63, 3.8) is 0 Å². The van der Waals surface area contributed by atoms with Gasteiger partial charge in [0.1, 0.15) is 5.82 Å². The molecule has 0 unspecified atom stereocenters. The number of nitrogens with zero attached hydrogens (tertiary/aromatic N) is 2. The normalized spacial score (nSPS) is 11.0. The standard InChI is InChI=1S/C19H22F2N4O3/c1-4-16(26)25-15-7-6-14(12(2)24-15)18(27)23-10-13-5-8-17(22-9-13)28-11-19(3,20)21/h5-9H,4,10-11H2,1-3H3,(H,23,27)(H,24,25,26). The maximum absolute atomic E-state index is 12.8.